The zero-order valence-electron chi connectivity index (χ0n) is 12.4. The van der Waals surface area contributed by atoms with Crippen molar-refractivity contribution >= 4 is 23.0 Å². The Labute approximate surface area is 120 Å². The molecule has 1 heterocycles. The van der Waals surface area contributed by atoms with E-state index in [-0.39, 0.29) is 0 Å². The quantitative estimate of drug-likeness (QED) is 0.875. The highest BCUT2D eigenvalue weighted by atomic mass is 15.1. The Bertz CT molecular complexity index is 558. The molecule has 0 aliphatic carbocycles. The molecule has 0 bridgehead atoms. The molecule has 106 valence electrons. The normalized spacial score (nSPS) is 10.2. The third-order valence-corrected chi connectivity index (χ3v) is 2.98. The number of hydrogen-bond acceptors (Lipinski definition) is 5. The van der Waals surface area contributed by atoms with Gasteiger partial charge in [0.2, 0.25) is 0 Å². The maximum absolute atomic E-state index is 4.49. The summed E-state index contributed by atoms with van der Waals surface area (Å²) < 4.78 is 0. The monoisotopic (exact) mass is 271 g/mol. The molecule has 0 unspecified atom stereocenters. The summed E-state index contributed by atoms with van der Waals surface area (Å²) in [6.07, 6.45) is 0.807. The van der Waals surface area contributed by atoms with Gasteiger partial charge in [-0.15, -0.1) is 0 Å². The second-order valence-electron chi connectivity index (χ2n) is 4.73. The lowest BCUT2D eigenvalue weighted by Crippen LogP contribution is -2.08. The van der Waals surface area contributed by atoms with Crippen LogP contribution in [0.15, 0.2) is 30.3 Å². The van der Waals surface area contributed by atoms with Gasteiger partial charge in [-0.05, 0) is 18.2 Å². The van der Waals surface area contributed by atoms with Gasteiger partial charge in [-0.25, -0.2) is 9.97 Å². The minimum atomic E-state index is 0.803. The third kappa shape index (κ3) is 3.38. The summed E-state index contributed by atoms with van der Waals surface area (Å²) in [5.74, 6) is 2.45. The van der Waals surface area contributed by atoms with Crippen molar-refractivity contribution in [3.05, 3.63) is 36.2 Å². The van der Waals surface area contributed by atoms with Crippen LogP contribution < -0.4 is 15.5 Å². The predicted molar refractivity (Wildman–Crippen MR) is 85.0 cm³/mol. The predicted octanol–water partition coefficient (Wildman–Crippen LogP) is 2.89. The van der Waals surface area contributed by atoms with E-state index in [1.807, 2.05) is 46.3 Å². The Morgan fingerprint density at radius 1 is 1.10 bits per heavy atom. The molecule has 5 heteroatoms. The van der Waals surface area contributed by atoms with Gasteiger partial charge >= 0.3 is 0 Å². The Hall–Kier alpha value is -2.30. The first-order valence-corrected chi connectivity index (χ1v) is 6.72. The first-order valence-electron chi connectivity index (χ1n) is 6.72. The fraction of sp³-hybridized carbons (Fsp3) is 0.333. The molecular formula is C15H21N5. The fourth-order valence-electron chi connectivity index (χ4n) is 1.86. The van der Waals surface area contributed by atoms with Crippen LogP contribution in [0.25, 0.3) is 0 Å². The van der Waals surface area contributed by atoms with Crippen LogP contribution >= 0.6 is 0 Å². The molecule has 0 aliphatic heterocycles. The zero-order valence-corrected chi connectivity index (χ0v) is 12.4. The highest BCUT2D eigenvalue weighted by Gasteiger charge is 2.04. The number of rotatable bonds is 5. The minimum absolute atomic E-state index is 0.803. The first kappa shape index (κ1) is 14.1. The van der Waals surface area contributed by atoms with E-state index >= 15 is 0 Å². The van der Waals surface area contributed by atoms with Crippen LogP contribution in [-0.2, 0) is 6.42 Å². The molecule has 0 spiro atoms. The lowest BCUT2D eigenvalue weighted by atomic mass is 10.2. The molecular weight excluding hydrogens is 250 g/mol. The zero-order chi connectivity index (χ0) is 14.5. The van der Waals surface area contributed by atoms with Gasteiger partial charge in [-0.1, -0.05) is 13.0 Å². The second-order valence-corrected chi connectivity index (χ2v) is 4.73. The SMILES string of the molecule is CCc1nc(NC)cc(Nc2cccc(N(C)C)c2)n1. The van der Waals surface area contributed by atoms with Crippen LogP contribution in [0.2, 0.25) is 0 Å². The van der Waals surface area contributed by atoms with Gasteiger partial charge < -0.3 is 15.5 Å². The van der Waals surface area contributed by atoms with Crippen molar-refractivity contribution in [2.24, 2.45) is 0 Å². The topological polar surface area (TPSA) is 53.1 Å². The largest absolute Gasteiger partial charge is 0.378 e. The summed E-state index contributed by atoms with van der Waals surface area (Å²) in [6, 6.07) is 10.1. The molecule has 2 rings (SSSR count). The van der Waals surface area contributed by atoms with Crippen molar-refractivity contribution < 1.29 is 0 Å². The van der Waals surface area contributed by atoms with Gasteiger partial charge in [0.05, 0.1) is 0 Å². The van der Waals surface area contributed by atoms with Crippen LogP contribution in [0, 0.1) is 0 Å². The number of aryl methyl sites for hydroxylation is 1. The van der Waals surface area contributed by atoms with Gasteiger partial charge in [0, 0.05) is 45.0 Å². The molecule has 0 saturated heterocycles. The smallest absolute Gasteiger partial charge is 0.136 e. The van der Waals surface area contributed by atoms with Crippen LogP contribution in [0.4, 0.5) is 23.0 Å². The molecule has 1 aromatic carbocycles. The number of hydrogen-bond donors (Lipinski definition) is 2. The Balaban J connectivity index is 2.27. The molecule has 0 amide bonds. The molecule has 0 radical (unpaired) electrons. The van der Waals surface area contributed by atoms with E-state index in [4.69, 9.17) is 0 Å². The Morgan fingerprint density at radius 2 is 1.85 bits per heavy atom. The maximum Gasteiger partial charge on any atom is 0.136 e. The van der Waals surface area contributed by atoms with Crippen LogP contribution in [0.5, 0.6) is 0 Å². The Kier molecular flexibility index (Phi) is 4.40. The van der Waals surface area contributed by atoms with Crippen LogP contribution in [-0.4, -0.2) is 31.1 Å². The van der Waals surface area contributed by atoms with Gasteiger partial charge in [0.15, 0.2) is 0 Å². The molecule has 0 aliphatic rings. The van der Waals surface area contributed by atoms with Crippen LogP contribution in [0.3, 0.4) is 0 Å². The Morgan fingerprint density at radius 3 is 2.50 bits per heavy atom. The van der Waals surface area contributed by atoms with E-state index in [9.17, 15) is 0 Å². The van der Waals surface area contributed by atoms with E-state index in [1.165, 1.54) is 0 Å². The van der Waals surface area contributed by atoms with E-state index in [0.717, 1.165) is 35.3 Å². The van der Waals surface area contributed by atoms with E-state index in [2.05, 4.69) is 37.6 Å². The first-order chi connectivity index (χ1) is 9.62. The lowest BCUT2D eigenvalue weighted by Gasteiger charge is -2.14. The second kappa shape index (κ2) is 6.23. The summed E-state index contributed by atoms with van der Waals surface area (Å²) in [7, 11) is 5.91. The third-order valence-electron chi connectivity index (χ3n) is 2.98. The van der Waals surface area contributed by atoms with Gasteiger partial charge in [0.1, 0.15) is 17.5 Å². The molecule has 1 aromatic heterocycles. The van der Waals surface area contributed by atoms with E-state index in [1.54, 1.807) is 0 Å². The summed E-state index contributed by atoms with van der Waals surface area (Å²) in [6.45, 7) is 2.05. The number of nitrogens with one attached hydrogen (secondary N) is 2. The molecule has 0 atom stereocenters. The highest BCUT2D eigenvalue weighted by Crippen LogP contribution is 2.21. The summed E-state index contributed by atoms with van der Waals surface area (Å²) >= 11 is 0. The summed E-state index contributed by atoms with van der Waals surface area (Å²) in [5, 5.41) is 6.39. The van der Waals surface area contributed by atoms with Gasteiger partial charge in [-0.2, -0.15) is 0 Å². The van der Waals surface area contributed by atoms with Crippen molar-refractivity contribution in [3.63, 3.8) is 0 Å². The standard InChI is InChI=1S/C15H21N5/c1-5-13-18-14(16-2)10-15(19-13)17-11-7-6-8-12(9-11)20(3)4/h6-10H,5H2,1-4H3,(H2,16,17,18,19). The number of benzene rings is 1. The highest BCUT2D eigenvalue weighted by molar-refractivity contribution is 5.64. The number of aromatic nitrogens is 2. The van der Waals surface area contributed by atoms with Crippen LogP contribution in [0.1, 0.15) is 12.7 Å². The van der Waals surface area contributed by atoms with Crippen molar-refractivity contribution in [3.8, 4) is 0 Å². The molecule has 5 nitrogen and oxygen atoms in total. The number of nitrogens with zero attached hydrogens (tertiary/aromatic N) is 3. The summed E-state index contributed by atoms with van der Waals surface area (Å²) in [4.78, 5) is 11.0. The molecule has 2 N–H and O–H groups in total. The molecule has 0 saturated carbocycles. The maximum atomic E-state index is 4.49. The average Bonchev–Trinajstić information content (AvgIpc) is 2.47. The fourth-order valence-corrected chi connectivity index (χ4v) is 1.86. The van der Waals surface area contributed by atoms with Crippen molar-refractivity contribution in [2.45, 2.75) is 13.3 Å². The average molecular weight is 271 g/mol. The molecule has 0 fully saturated rings. The van der Waals surface area contributed by atoms with E-state index in [0.29, 0.717) is 0 Å². The van der Waals surface area contributed by atoms with Crippen molar-refractivity contribution in [1.29, 1.82) is 0 Å². The number of anilines is 4. The van der Waals surface area contributed by atoms with Gasteiger partial charge in [0.25, 0.3) is 0 Å². The van der Waals surface area contributed by atoms with E-state index < -0.39 is 0 Å². The van der Waals surface area contributed by atoms with Crippen molar-refractivity contribution in [2.75, 3.05) is 36.7 Å². The van der Waals surface area contributed by atoms with Crippen molar-refractivity contribution in [1.82, 2.24) is 9.97 Å². The molecule has 20 heavy (non-hydrogen) atoms. The lowest BCUT2D eigenvalue weighted by molar-refractivity contribution is 0.944. The summed E-state index contributed by atoms with van der Waals surface area (Å²) in [5.41, 5.74) is 2.16. The minimum Gasteiger partial charge on any atom is -0.378 e. The van der Waals surface area contributed by atoms with Gasteiger partial charge in [-0.3, -0.25) is 0 Å². The molecule has 2 aromatic rings.